The molecule has 0 bridgehead atoms. The van der Waals surface area contributed by atoms with E-state index in [1.54, 1.807) is 0 Å². The minimum absolute atomic E-state index is 0. The summed E-state index contributed by atoms with van der Waals surface area (Å²) in [5, 5.41) is 0. The van der Waals surface area contributed by atoms with E-state index < -0.39 is 0 Å². The summed E-state index contributed by atoms with van der Waals surface area (Å²) < 4.78 is 30.0. The van der Waals surface area contributed by atoms with Gasteiger partial charge in [0.15, 0.2) is 0 Å². The van der Waals surface area contributed by atoms with Crippen LogP contribution in [0.1, 0.15) is 0 Å². The first-order valence-electron chi connectivity index (χ1n) is 3.74. The van der Waals surface area contributed by atoms with Crippen LogP contribution in [0.4, 0.5) is 0 Å². The number of rotatable bonds is 3. The van der Waals surface area contributed by atoms with Crippen molar-refractivity contribution in [3.8, 4) is 0 Å². The first-order chi connectivity index (χ1) is 7.63. The second-order valence-electron chi connectivity index (χ2n) is 2.61. The fourth-order valence-corrected chi connectivity index (χ4v) is 0.400. The van der Waals surface area contributed by atoms with Gasteiger partial charge >= 0.3 is 66.3 Å². The van der Waals surface area contributed by atoms with E-state index in [0.29, 0.717) is 0 Å². The van der Waals surface area contributed by atoms with Gasteiger partial charge in [-0.3, -0.25) is 0 Å². The maximum Gasteiger partial charge on any atom is 2.00 e. The fourth-order valence-electron chi connectivity index (χ4n) is 0.400. The Morgan fingerprint density at radius 2 is 0.706 bits per heavy atom. The van der Waals surface area contributed by atoms with Gasteiger partial charge in [0, 0.05) is 13.1 Å². The van der Waals surface area contributed by atoms with E-state index in [2.05, 4.69) is 64.6 Å². The summed E-state index contributed by atoms with van der Waals surface area (Å²) in [4.78, 5) is 4.36. The number of likely N-dealkylation sites (N-methyl/N-ethyl adjacent to an activating group) is 2. The average molecular weight is 324 g/mol. The Morgan fingerprint density at radius 3 is 0.765 bits per heavy atom. The van der Waals surface area contributed by atoms with Gasteiger partial charge in [-0.1, -0.05) is 0 Å². The van der Waals surface area contributed by atoms with Crippen LogP contribution in [0.3, 0.4) is 0 Å². The normalized spacial score (nSPS) is 5.76. The van der Waals surface area contributed by atoms with Crippen LogP contribution < -0.4 is 0 Å². The first-order valence-corrected chi connectivity index (χ1v) is 3.74. The number of nitrogens with zero attached hydrogens (tertiary/aromatic N) is 2. The summed E-state index contributed by atoms with van der Waals surface area (Å²) in [7, 11) is 8.35. The molecule has 0 aromatic carbocycles. The van der Waals surface area contributed by atoms with E-state index in [-0.39, 0.29) is 21.1 Å². The van der Waals surface area contributed by atoms with Crippen molar-refractivity contribution >= 4 is 0 Å². The Bertz CT molecular complexity index is 144. The molecule has 0 amide bonds. The average Bonchev–Trinajstić information content (AvgIpc) is 2.36. The maximum absolute atomic E-state index is 7.50. The molecule has 0 aromatic heterocycles. The van der Waals surface area contributed by atoms with Gasteiger partial charge in [-0.15, -0.1) is 0 Å². The Kier molecular flexibility index (Phi) is 122. The molecule has 94 valence electrons. The molecule has 0 spiro atoms. The van der Waals surface area contributed by atoms with Crippen LogP contribution in [0, 0.1) is 26.6 Å². The number of hydrogen-bond donors (Lipinski definition) is 0. The summed E-state index contributed by atoms with van der Waals surface area (Å²) in [5.41, 5.74) is 0. The molecular weight excluding hydrogens is 308 g/mol. The SMILES string of the molecule is CN(C)CCN(C)C.[C-]#[O+].[C-]#[O+].[C-]#[O+].[C-]#[O+].[Mo+2]. The van der Waals surface area contributed by atoms with Gasteiger partial charge in [-0.2, -0.15) is 0 Å². The molecule has 0 heterocycles. The summed E-state index contributed by atoms with van der Waals surface area (Å²) in [6.07, 6.45) is 0. The van der Waals surface area contributed by atoms with Crippen molar-refractivity contribution in [3.05, 3.63) is 26.6 Å². The van der Waals surface area contributed by atoms with Gasteiger partial charge in [0.05, 0.1) is 0 Å². The van der Waals surface area contributed by atoms with Crippen LogP contribution in [-0.4, -0.2) is 51.1 Å². The molecule has 0 aliphatic rings. The molecule has 0 fully saturated rings. The smallest absolute Gasteiger partial charge is 2.00 e. The summed E-state index contributed by atoms with van der Waals surface area (Å²) in [5.74, 6) is 0. The molecule has 0 aliphatic heterocycles. The van der Waals surface area contributed by atoms with E-state index in [9.17, 15) is 0 Å². The summed E-state index contributed by atoms with van der Waals surface area (Å²) in [6.45, 7) is 20.3. The number of hydrogen-bond acceptors (Lipinski definition) is 2. The van der Waals surface area contributed by atoms with E-state index in [4.69, 9.17) is 18.6 Å². The van der Waals surface area contributed by atoms with Gasteiger partial charge < -0.3 is 9.80 Å². The van der Waals surface area contributed by atoms with Crippen molar-refractivity contribution in [2.75, 3.05) is 41.3 Å². The standard InChI is InChI=1S/C6H16N2.4CO.Mo/c1-7(2)5-6-8(3)4;4*1-2;/h5-6H2,1-4H3;;;;;/q;;;;;+2. The van der Waals surface area contributed by atoms with Crippen molar-refractivity contribution in [1.82, 2.24) is 9.80 Å². The third kappa shape index (κ3) is 137. The molecule has 0 aromatic rings. The zero-order chi connectivity index (χ0) is 14.6. The van der Waals surface area contributed by atoms with E-state index in [1.807, 2.05) is 0 Å². The van der Waals surface area contributed by atoms with Crippen LogP contribution >= 0.6 is 0 Å². The summed E-state index contributed by atoms with van der Waals surface area (Å²) >= 11 is 0. The van der Waals surface area contributed by atoms with Crippen LogP contribution in [0.15, 0.2) is 0 Å². The minimum atomic E-state index is 0. The molecule has 17 heavy (non-hydrogen) atoms. The molecule has 0 atom stereocenters. The third-order valence-electron chi connectivity index (χ3n) is 0.994. The Balaban J connectivity index is -0.0000000287. The first kappa shape index (κ1) is 36.0. The monoisotopic (exact) mass is 326 g/mol. The molecule has 0 N–H and O–H groups in total. The second-order valence-corrected chi connectivity index (χ2v) is 2.61. The molecule has 0 rings (SSSR count). The quantitative estimate of drug-likeness (QED) is 0.414. The van der Waals surface area contributed by atoms with Crippen LogP contribution in [-0.2, 0) is 39.7 Å². The van der Waals surface area contributed by atoms with Crippen molar-refractivity contribution < 1.29 is 39.7 Å². The second kappa shape index (κ2) is 57.7. The minimum Gasteiger partial charge on any atom is 2.00 e. The van der Waals surface area contributed by atoms with Gasteiger partial charge in [0.1, 0.15) is 0 Å². The fraction of sp³-hybridized carbons (Fsp3) is 0.600. The molecular formula is C10H16MoN2O4+2. The topological polar surface area (TPSA) is 86.1 Å². The van der Waals surface area contributed by atoms with E-state index >= 15 is 0 Å². The molecule has 0 unspecified atom stereocenters. The van der Waals surface area contributed by atoms with Crippen LogP contribution in [0.25, 0.3) is 0 Å². The molecule has 0 radical (unpaired) electrons. The molecule has 0 saturated carbocycles. The van der Waals surface area contributed by atoms with Crippen LogP contribution in [0.2, 0.25) is 0 Å². The zero-order valence-corrected chi connectivity index (χ0v) is 12.4. The third-order valence-corrected chi connectivity index (χ3v) is 0.994. The molecule has 0 aliphatic carbocycles. The van der Waals surface area contributed by atoms with Gasteiger partial charge in [0.2, 0.25) is 0 Å². The van der Waals surface area contributed by atoms with E-state index in [1.165, 1.54) is 0 Å². The van der Waals surface area contributed by atoms with Gasteiger partial charge in [-0.05, 0) is 28.2 Å². The Labute approximate surface area is 117 Å². The Hall–Kier alpha value is -0.432. The molecule has 6 nitrogen and oxygen atoms in total. The molecule has 0 saturated heterocycles. The predicted molar refractivity (Wildman–Crippen MR) is 52.8 cm³/mol. The van der Waals surface area contributed by atoms with Crippen molar-refractivity contribution in [2.45, 2.75) is 0 Å². The van der Waals surface area contributed by atoms with Gasteiger partial charge in [0.25, 0.3) is 0 Å². The zero-order valence-electron chi connectivity index (χ0n) is 10.3. The van der Waals surface area contributed by atoms with Crippen molar-refractivity contribution in [1.29, 1.82) is 0 Å². The van der Waals surface area contributed by atoms with Gasteiger partial charge in [-0.25, -0.2) is 0 Å². The maximum atomic E-state index is 7.50. The molecule has 7 heteroatoms. The Morgan fingerprint density at radius 1 is 0.588 bits per heavy atom. The predicted octanol–water partition coefficient (Wildman–Crippen LogP) is -0.0429. The van der Waals surface area contributed by atoms with Crippen LogP contribution in [0.5, 0.6) is 0 Å². The van der Waals surface area contributed by atoms with Crippen molar-refractivity contribution in [3.63, 3.8) is 0 Å². The largest absolute Gasteiger partial charge is 2.00 e. The summed E-state index contributed by atoms with van der Waals surface area (Å²) in [6, 6.07) is 0. The van der Waals surface area contributed by atoms with E-state index in [0.717, 1.165) is 13.1 Å². The van der Waals surface area contributed by atoms with Crippen molar-refractivity contribution in [2.24, 2.45) is 0 Å².